The first-order valence-electron chi connectivity index (χ1n) is 11.2. The van der Waals surface area contributed by atoms with Crippen molar-refractivity contribution in [2.75, 3.05) is 37.6 Å². The van der Waals surface area contributed by atoms with E-state index in [1.807, 2.05) is 4.90 Å². The summed E-state index contributed by atoms with van der Waals surface area (Å²) in [5.74, 6) is 0.221. The molecule has 4 rings (SSSR count). The van der Waals surface area contributed by atoms with Crippen molar-refractivity contribution in [3.8, 4) is 0 Å². The number of carbonyl (C=O) groups is 2. The quantitative estimate of drug-likeness (QED) is 0.632. The van der Waals surface area contributed by atoms with Gasteiger partial charge >= 0.3 is 0 Å². The summed E-state index contributed by atoms with van der Waals surface area (Å²) >= 11 is 9.40. The van der Waals surface area contributed by atoms with Crippen LogP contribution in [0.3, 0.4) is 0 Å². The summed E-state index contributed by atoms with van der Waals surface area (Å²) in [6, 6.07) is 7.94. The van der Waals surface area contributed by atoms with Crippen molar-refractivity contribution in [3.05, 3.63) is 51.3 Å². The lowest BCUT2D eigenvalue weighted by atomic mass is 9.97. The lowest BCUT2D eigenvalue weighted by Gasteiger charge is -2.47. The Hall–Kier alpha value is -2.23. The summed E-state index contributed by atoms with van der Waals surface area (Å²) < 4.78 is 0.538. The summed E-state index contributed by atoms with van der Waals surface area (Å²) in [6.45, 7) is 6.30. The number of halogens is 2. The predicted octanol–water partition coefficient (Wildman–Crippen LogP) is 3.20. The molecule has 176 valence electrons. The number of piperazine rings is 1. The lowest BCUT2D eigenvalue weighted by molar-refractivity contribution is 0.0490. The number of hydrogen-bond donors (Lipinski definition) is 1. The van der Waals surface area contributed by atoms with Crippen LogP contribution >= 0.6 is 27.5 Å². The molecular weight excluding hydrogens is 508 g/mol. The highest BCUT2D eigenvalue weighted by Gasteiger charge is 2.35. The monoisotopic (exact) mass is 534 g/mol. The number of nitrogens with two attached hydrogens (primary N) is 1. The summed E-state index contributed by atoms with van der Waals surface area (Å²) in [7, 11) is 0. The Morgan fingerprint density at radius 1 is 1.15 bits per heavy atom. The fraction of sp³-hybridized carbons (Fsp3) is 0.478. The molecule has 0 bridgehead atoms. The predicted molar refractivity (Wildman–Crippen MR) is 132 cm³/mol. The Balaban J connectivity index is 1.37. The second-order valence-corrected chi connectivity index (χ2v) is 9.70. The zero-order valence-electron chi connectivity index (χ0n) is 18.6. The van der Waals surface area contributed by atoms with Crippen molar-refractivity contribution >= 4 is 45.2 Å². The van der Waals surface area contributed by atoms with Crippen LogP contribution in [0.5, 0.6) is 0 Å². The second-order valence-electron chi connectivity index (χ2n) is 8.51. The maximum absolute atomic E-state index is 12.8. The fourth-order valence-corrected chi connectivity index (χ4v) is 5.44. The summed E-state index contributed by atoms with van der Waals surface area (Å²) in [4.78, 5) is 39.6. The van der Waals surface area contributed by atoms with Crippen LogP contribution in [-0.4, -0.2) is 76.4 Å². The number of amides is 2. The number of anilines is 1. The van der Waals surface area contributed by atoms with E-state index in [1.165, 1.54) is 6.20 Å². The van der Waals surface area contributed by atoms with Crippen molar-refractivity contribution in [2.45, 2.75) is 38.3 Å². The molecule has 8 nitrogen and oxygen atoms in total. The van der Waals surface area contributed by atoms with Gasteiger partial charge in [0.25, 0.3) is 11.8 Å². The minimum Gasteiger partial charge on any atom is -0.364 e. The molecule has 3 heterocycles. The first kappa shape index (κ1) is 23.9. The first-order chi connectivity index (χ1) is 15.9. The van der Waals surface area contributed by atoms with Gasteiger partial charge in [-0.25, -0.2) is 9.97 Å². The van der Waals surface area contributed by atoms with E-state index in [4.69, 9.17) is 17.3 Å². The molecule has 2 saturated heterocycles. The van der Waals surface area contributed by atoms with Gasteiger partial charge in [-0.05, 0) is 59.5 Å². The Labute approximate surface area is 207 Å². The number of piperidine rings is 1. The van der Waals surface area contributed by atoms with Gasteiger partial charge in [-0.1, -0.05) is 18.5 Å². The minimum absolute atomic E-state index is 0.0739. The summed E-state index contributed by atoms with van der Waals surface area (Å²) in [5.41, 5.74) is 6.15. The average molecular weight is 536 g/mol. The molecule has 0 unspecified atom stereocenters. The number of rotatable bonds is 5. The van der Waals surface area contributed by atoms with E-state index in [1.54, 1.807) is 24.3 Å². The first-order valence-corrected chi connectivity index (χ1v) is 12.4. The highest BCUT2D eigenvalue weighted by molar-refractivity contribution is 9.10. The highest BCUT2D eigenvalue weighted by Crippen LogP contribution is 2.28. The molecule has 0 saturated carbocycles. The van der Waals surface area contributed by atoms with Crippen molar-refractivity contribution in [3.63, 3.8) is 0 Å². The van der Waals surface area contributed by atoms with Gasteiger partial charge in [0.1, 0.15) is 10.3 Å². The molecule has 1 aromatic heterocycles. The van der Waals surface area contributed by atoms with Gasteiger partial charge in [-0.3, -0.25) is 14.5 Å². The van der Waals surface area contributed by atoms with Crippen LogP contribution in [0.1, 0.15) is 47.0 Å². The van der Waals surface area contributed by atoms with E-state index in [0.717, 1.165) is 57.8 Å². The molecule has 0 radical (unpaired) electrons. The molecule has 2 aliphatic rings. The molecule has 1 aromatic carbocycles. The Morgan fingerprint density at radius 2 is 1.85 bits per heavy atom. The average Bonchev–Trinajstić information content (AvgIpc) is 2.83. The van der Waals surface area contributed by atoms with Crippen molar-refractivity contribution in [2.24, 2.45) is 5.73 Å². The van der Waals surface area contributed by atoms with Gasteiger partial charge < -0.3 is 15.5 Å². The third-order valence-electron chi connectivity index (χ3n) is 6.58. The Morgan fingerprint density at radius 3 is 2.45 bits per heavy atom. The number of aromatic nitrogens is 2. The lowest BCUT2D eigenvalue weighted by Crippen LogP contribution is -2.58. The standard InChI is InChI=1S/C23H28BrClN6O2/c1-2-17-14-30(22-20(24)28-19(13-27-22)21(26)32)11-12-31(17)18-7-9-29(10-8-18)23(33)15-3-5-16(25)6-4-15/h3-6,13,17-18H,2,7-12,14H2,1H3,(H2,26,32)/t17-/m0/s1. The van der Waals surface area contributed by atoms with Crippen LogP contribution in [0.2, 0.25) is 5.02 Å². The molecule has 10 heteroatoms. The van der Waals surface area contributed by atoms with Gasteiger partial charge in [0, 0.05) is 55.4 Å². The summed E-state index contributed by atoms with van der Waals surface area (Å²) in [5, 5.41) is 0.636. The van der Waals surface area contributed by atoms with E-state index in [9.17, 15) is 9.59 Å². The topological polar surface area (TPSA) is 95.7 Å². The van der Waals surface area contributed by atoms with Gasteiger partial charge in [0.2, 0.25) is 0 Å². The number of likely N-dealkylation sites (tertiary alicyclic amines) is 1. The van der Waals surface area contributed by atoms with Gasteiger partial charge in [-0.2, -0.15) is 0 Å². The van der Waals surface area contributed by atoms with Crippen LogP contribution in [0, 0.1) is 0 Å². The van der Waals surface area contributed by atoms with Crippen LogP contribution in [0.15, 0.2) is 35.1 Å². The third kappa shape index (κ3) is 5.31. The molecule has 2 amide bonds. The van der Waals surface area contributed by atoms with E-state index in [0.29, 0.717) is 27.3 Å². The molecule has 1 atom stereocenters. The maximum atomic E-state index is 12.8. The van der Waals surface area contributed by atoms with E-state index in [-0.39, 0.29) is 11.6 Å². The minimum atomic E-state index is -0.591. The Kier molecular flexibility index (Phi) is 7.51. The van der Waals surface area contributed by atoms with Crippen molar-refractivity contribution in [1.29, 1.82) is 0 Å². The summed E-state index contributed by atoms with van der Waals surface area (Å²) in [6.07, 6.45) is 4.38. The van der Waals surface area contributed by atoms with Crippen LogP contribution in [-0.2, 0) is 0 Å². The number of nitrogens with zero attached hydrogens (tertiary/aromatic N) is 5. The smallest absolute Gasteiger partial charge is 0.268 e. The Bertz CT molecular complexity index is 1010. The van der Waals surface area contributed by atoms with E-state index in [2.05, 4.69) is 42.6 Å². The number of benzene rings is 1. The van der Waals surface area contributed by atoms with Gasteiger partial charge in [-0.15, -0.1) is 0 Å². The van der Waals surface area contributed by atoms with E-state index < -0.39 is 5.91 Å². The maximum Gasteiger partial charge on any atom is 0.268 e. The molecular formula is C23H28BrClN6O2. The zero-order valence-corrected chi connectivity index (χ0v) is 20.9. The third-order valence-corrected chi connectivity index (χ3v) is 7.36. The number of primary amides is 1. The molecule has 2 aliphatic heterocycles. The van der Waals surface area contributed by atoms with Crippen molar-refractivity contribution in [1.82, 2.24) is 19.8 Å². The van der Waals surface area contributed by atoms with E-state index >= 15 is 0 Å². The fourth-order valence-electron chi connectivity index (χ4n) is 4.77. The molecule has 2 N–H and O–H groups in total. The number of hydrogen-bond acceptors (Lipinski definition) is 6. The molecule has 0 spiro atoms. The highest BCUT2D eigenvalue weighted by atomic mass is 79.9. The molecule has 0 aliphatic carbocycles. The van der Waals surface area contributed by atoms with Gasteiger partial charge in [0.15, 0.2) is 5.82 Å². The number of carbonyl (C=O) groups excluding carboxylic acids is 2. The van der Waals surface area contributed by atoms with Crippen LogP contribution in [0.4, 0.5) is 5.82 Å². The molecule has 2 aromatic rings. The van der Waals surface area contributed by atoms with Gasteiger partial charge in [0.05, 0.1) is 6.20 Å². The zero-order chi connectivity index (χ0) is 23.5. The second kappa shape index (κ2) is 10.4. The molecule has 2 fully saturated rings. The van der Waals surface area contributed by atoms with Crippen molar-refractivity contribution < 1.29 is 9.59 Å². The van der Waals surface area contributed by atoms with Crippen LogP contribution in [0.25, 0.3) is 0 Å². The normalized spacial score (nSPS) is 20.2. The molecule has 33 heavy (non-hydrogen) atoms. The largest absolute Gasteiger partial charge is 0.364 e. The van der Waals surface area contributed by atoms with Crippen LogP contribution < -0.4 is 10.6 Å². The SMILES string of the molecule is CC[C@H]1CN(c2ncc(C(N)=O)nc2Br)CCN1C1CCN(C(=O)c2ccc(Cl)cc2)CC1.